The number of ether oxygens (including phenoxy) is 3. The van der Waals surface area contributed by atoms with Gasteiger partial charge in [0.05, 0.1) is 19.8 Å². The first-order chi connectivity index (χ1) is 16.9. The van der Waals surface area contributed by atoms with E-state index < -0.39 is 6.09 Å². The molecule has 2 saturated heterocycles. The van der Waals surface area contributed by atoms with E-state index >= 15 is 0 Å². The number of likely N-dealkylation sites (tertiary alicyclic amines) is 1. The van der Waals surface area contributed by atoms with Crippen molar-refractivity contribution in [2.24, 2.45) is 17.8 Å². The molecular weight excluding hydrogens is 470 g/mol. The molecule has 9 heteroatoms. The van der Waals surface area contributed by atoms with Crippen LogP contribution in [0.1, 0.15) is 51.2 Å². The number of hydrogen-bond donors (Lipinski definition) is 2. The molecule has 0 spiro atoms. The zero-order valence-corrected chi connectivity index (χ0v) is 21.9. The lowest BCUT2D eigenvalue weighted by molar-refractivity contribution is -0.0250. The predicted octanol–water partition coefficient (Wildman–Crippen LogP) is 4.63. The normalized spacial score (nSPS) is 23.6. The van der Waals surface area contributed by atoms with E-state index in [0.29, 0.717) is 49.6 Å². The maximum atomic E-state index is 13.2. The van der Waals surface area contributed by atoms with E-state index in [9.17, 15) is 9.59 Å². The number of alkyl carbamates (subject to hydrolysis) is 1. The fraction of sp³-hybridized carbons (Fsp3) is 0.692. The summed E-state index contributed by atoms with van der Waals surface area (Å²) in [6, 6.07) is 7.63. The van der Waals surface area contributed by atoms with Crippen LogP contribution >= 0.6 is 11.6 Å². The van der Waals surface area contributed by atoms with Gasteiger partial charge in [-0.15, -0.1) is 0 Å². The summed E-state index contributed by atoms with van der Waals surface area (Å²) >= 11 is 6.27. The molecule has 2 N–H and O–H groups in total. The van der Waals surface area contributed by atoms with Gasteiger partial charge in [0.25, 0.3) is 0 Å². The zero-order chi connectivity index (χ0) is 25.2. The van der Waals surface area contributed by atoms with Gasteiger partial charge in [0.2, 0.25) is 0 Å². The average molecular weight is 510 g/mol. The van der Waals surface area contributed by atoms with E-state index in [-0.39, 0.29) is 24.2 Å². The van der Waals surface area contributed by atoms with Crippen LogP contribution in [0.25, 0.3) is 0 Å². The molecule has 2 unspecified atom stereocenters. The molecule has 2 heterocycles. The van der Waals surface area contributed by atoms with Gasteiger partial charge in [0.1, 0.15) is 6.10 Å². The molecule has 196 valence electrons. The van der Waals surface area contributed by atoms with Gasteiger partial charge in [-0.2, -0.15) is 0 Å². The minimum atomic E-state index is -0.493. The third kappa shape index (κ3) is 8.54. The number of benzene rings is 1. The lowest BCUT2D eigenvalue weighted by Crippen LogP contribution is -2.48. The lowest BCUT2D eigenvalue weighted by atomic mass is 9.87. The summed E-state index contributed by atoms with van der Waals surface area (Å²) in [6.45, 7) is 7.99. The Bertz CT molecular complexity index is 824. The largest absolute Gasteiger partial charge is 0.453 e. The molecule has 2 amide bonds. The topological polar surface area (TPSA) is 89.1 Å². The third-order valence-corrected chi connectivity index (χ3v) is 7.00. The second-order valence-corrected chi connectivity index (χ2v) is 10.4. The molecule has 2 fully saturated rings. The van der Waals surface area contributed by atoms with Crippen molar-refractivity contribution < 1.29 is 23.8 Å². The first kappa shape index (κ1) is 27.6. The maximum absolute atomic E-state index is 13.2. The molecule has 35 heavy (non-hydrogen) atoms. The molecule has 0 radical (unpaired) electrons. The molecule has 0 saturated carbocycles. The summed E-state index contributed by atoms with van der Waals surface area (Å²) in [5.74, 6) is 1.05. The lowest BCUT2D eigenvalue weighted by Gasteiger charge is -2.39. The first-order valence-electron chi connectivity index (χ1n) is 12.7. The molecule has 2 aliphatic heterocycles. The van der Waals surface area contributed by atoms with E-state index in [2.05, 4.69) is 29.2 Å². The zero-order valence-electron chi connectivity index (χ0n) is 21.1. The summed E-state index contributed by atoms with van der Waals surface area (Å²) in [7, 11) is 1.33. The highest BCUT2D eigenvalue weighted by Crippen LogP contribution is 2.34. The van der Waals surface area contributed by atoms with E-state index in [1.54, 1.807) is 0 Å². The Morgan fingerprint density at radius 3 is 2.86 bits per heavy atom. The fourth-order valence-electron chi connectivity index (χ4n) is 5.12. The average Bonchev–Trinajstić information content (AvgIpc) is 2.84. The summed E-state index contributed by atoms with van der Waals surface area (Å²) < 4.78 is 16.9. The van der Waals surface area contributed by atoms with Crippen molar-refractivity contribution in [3.05, 3.63) is 34.9 Å². The third-order valence-electron chi connectivity index (χ3n) is 6.77. The first-order valence-corrected chi connectivity index (χ1v) is 13.1. The number of halogens is 1. The van der Waals surface area contributed by atoms with Gasteiger partial charge in [-0.1, -0.05) is 37.6 Å². The van der Waals surface area contributed by atoms with Gasteiger partial charge in [-0.05, 0) is 61.8 Å². The highest BCUT2D eigenvalue weighted by atomic mass is 35.5. The van der Waals surface area contributed by atoms with Crippen LogP contribution < -0.4 is 10.6 Å². The Hall–Kier alpha value is -2.03. The van der Waals surface area contributed by atoms with E-state index in [1.807, 2.05) is 29.2 Å². The molecule has 0 bridgehead atoms. The van der Waals surface area contributed by atoms with Crippen LogP contribution in [0.3, 0.4) is 0 Å². The van der Waals surface area contributed by atoms with Crippen LogP contribution in [0.4, 0.5) is 9.59 Å². The number of carbonyl (C=O) groups excluding carboxylic acids is 2. The minimum Gasteiger partial charge on any atom is -0.453 e. The van der Waals surface area contributed by atoms with Crippen molar-refractivity contribution in [2.45, 2.75) is 51.7 Å². The molecule has 3 rings (SSSR count). The van der Waals surface area contributed by atoms with E-state index in [1.165, 1.54) is 7.11 Å². The van der Waals surface area contributed by atoms with Crippen LogP contribution in [0.2, 0.25) is 5.02 Å². The SMILES string of the molecule is COC(=O)NCCO[C@@H](c1cccc(Cl)c1)[C@@H]1CCCN(C(=O)OC2CNCCC2CC(C)C)C1. The van der Waals surface area contributed by atoms with Gasteiger partial charge < -0.3 is 29.7 Å². The van der Waals surface area contributed by atoms with Gasteiger partial charge in [-0.3, -0.25) is 0 Å². The Balaban J connectivity index is 1.64. The van der Waals surface area contributed by atoms with Gasteiger partial charge in [0, 0.05) is 37.1 Å². The highest BCUT2D eigenvalue weighted by molar-refractivity contribution is 6.30. The Labute approximate surface area is 214 Å². The van der Waals surface area contributed by atoms with E-state index in [4.69, 9.17) is 21.1 Å². The van der Waals surface area contributed by atoms with Crippen LogP contribution in [-0.4, -0.2) is 69.6 Å². The van der Waals surface area contributed by atoms with Crippen molar-refractivity contribution in [2.75, 3.05) is 46.4 Å². The highest BCUT2D eigenvalue weighted by Gasteiger charge is 2.35. The van der Waals surface area contributed by atoms with E-state index in [0.717, 1.165) is 37.8 Å². The maximum Gasteiger partial charge on any atom is 0.410 e. The molecule has 1 aromatic carbocycles. The molecule has 2 aliphatic rings. The van der Waals surface area contributed by atoms with Gasteiger partial charge in [0.15, 0.2) is 0 Å². The number of amides is 2. The standard InChI is InChI=1S/C26H40ClN3O5/c1-18(2)14-19-9-10-28-16-23(19)35-26(32)30-12-5-7-21(17-30)24(20-6-4-8-22(27)15-20)34-13-11-29-25(31)33-3/h4,6,8,15,18-19,21,23-24,28H,5,7,9-14,16-17H2,1-3H3,(H,29,31)/t19?,21-,23?,24+/m1/s1. The monoisotopic (exact) mass is 509 g/mol. The van der Waals surface area contributed by atoms with Crippen molar-refractivity contribution in [1.82, 2.24) is 15.5 Å². The molecule has 4 atom stereocenters. The second-order valence-electron chi connectivity index (χ2n) is 9.92. The summed E-state index contributed by atoms with van der Waals surface area (Å²) in [6.07, 6.45) is 2.81. The van der Waals surface area contributed by atoms with Gasteiger partial charge in [-0.25, -0.2) is 9.59 Å². The number of hydrogen-bond acceptors (Lipinski definition) is 6. The number of nitrogens with one attached hydrogen (secondary N) is 2. The van der Waals surface area contributed by atoms with Crippen LogP contribution in [0, 0.1) is 17.8 Å². The number of carbonyl (C=O) groups is 2. The van der Waals surface area contributed by atoms with Gasteiger partial charge >= 0.3 is 12.2 Å². The number of rotatable bonds is 9. The van der Waals surface area contributed by atoms with Crippen LogP contribution in [-0.2, 0) is 14.2 Å². The Kier molecular flexibility index (Phi) is 10.9. The number of methoxy groups -OCH3 is 1. The summed E-state index contributed by atoms with van der Waals surface area (Å²) in [5, 5.41) is 6.65. The second kappa shape index (κ2) is 13.9. The number of piperidine rings is 2. The van der Waals surface area contributed by atoms with Crippen molar-refractivity contribution >= 4 is 23.8 Å². The summed E-state index contributed by atoms with van der Waals surface area (Å²) in [5.41, 5.74) is 0.962. The van der Waals surface area contributed by atoms with Crippen LogP contribution in [0.5, 0.6) is 0 Å². The predicted molar refractivity (Wildman–Crippen MR) is 136 cm³/mol. The van der Waals surface area contributed by atoms with Crippen molar-refractivity contribution in [3.8, 4) is 0 Å². The number of nitrogens with zero attached hydrogens (tertiary/aromatic N) is 1. The van der Waals surface area contributed by atoms with Crippen LogP contribution in [0.15, 0.2) is 24.3 Å². The fourth-order valence-corrected chi connectivity index (χ4v) is 5.32. The molecular formula is C26H40ClN3O5. The Morgan fingerprint density at radius 2 is 2.11 bits per heavy atom. The molecule has 1 aromatic rings. The van der Waals surface area contributed by atoms with Crippen molar-refractivity contribution in [3.63, 3.8) is 0 Å². The minimum absolute atomic E-state index is 0.0869. The smallest absolute Gasteiger partial charge is 0.410 e. The Morgan fingerprint density at radius 1 is 1.29 bits per heavy atom. The quantitative estimate of drug-likeness (QED) is 0.472. The molecule has 8 nitrogen and oxygen atoms in total. The molecule has 0 aromatic heterocycles. The molecule has 0 aliphatic carbocycles. The van der Waals surface area contributed by atoms with Crippen molar-refractivity contribution in [1.29, 1.82) is 0 Å². The summed E-state index contributed by atoms with van der Waals surface area (Å²) in [4.78, 5) is 26.4.